The van der Waals surface area contributed by atoms with E-state index in [1.807, 2.05) is 27.7 Å². The van der Waals surface area contributed by atoms with Crippen molar-refractivity contribution in [2.24, 2.45) is 5.92 Å². The number of urea groups is 1. The highest BCUT2D eigenvalue weighted by molar-refractivity contribution is 5.83. The Morgan fingerprint density at radius 1 is 1.47 bits per heavy atom. The van der Waals surface area contributed by atoms with Gasteiger partial charge in [0.1, 0.15) is 6.04 Å². The van der Waals surface area contributed by atoms with E-state index in [1.54, 1.807) is 0 Å². The lowest BCUT2D eigenvalue weighted by Gasteiger charge is -2.28. The summed E-state index contributed by atoms with van der Waals surface area (Å²) in [4.78, 5) is 24.6. The van der Waals surface area contributed by atoms with E-state index in [0.717, 1.165) is 6.42 Å². The largest absolute Gasteiger partial charge is 0.480 e. The van der Waals surface area contributed by atoms with Gasteiger partial charge in [0.05, 0.1) is 5.60 Å². The molecule has 0 spiro atoms. The number of carboxylic acids is 1. The second-order valence-electron chi connectivity index (χ2n) is 5.59. The molecule has 0 aromatic carbocycles. The average Bonchev–Trinajstić information content (AvgIpc) is 2.68. The molecule has 0 aromatic rings. The molecule has 110 valence electrons. The number of ether oxygens (including phenoxy) is 1. The normalized spacial score (nSPS) is 23.5. The molecule has 0 bridgehead atoms. The number of nitrogens with zero attached hydrogens (tertiary/aromatic N) is 1. The summed E-state index contributed by atoms with van der Waals surface area (Å²) in [5.74, 6) is -0.952. The van der Waals surface area contributed by atoms with Gasteiger partial charge in [0.15, 0.2) is 0 Å². The first kappa shape index (κ1) is 15.8. The fourth-order valence-electron chi connectivity index (χ4n) is 2.38. The summed E-state index contributed by atoms with van der Waals surface area (Å²) in [7, 11) is 0. The maximum absolute atomic E-state index is 12.1. The maximum Gasteiger partial charge on any atom is 0.326 e. The van der Waals surface area contributed by atoms with Crippen molar-refractivity contribution < 1.29 is 19.4 Å². The van der Waals surface area contributed by atoms with Gasteiger partial charge in [-0.2, -0.15) is 0 Å². The van der Waals surface area contributed by atoms with Crippen molar-refractivity contribution in [3.63, 3.8) is 0 Å². The van der Waals surface area contributed by atoms with Crippen LogP contribution >= 0.6 is 0 Å². The second-order valence-corrected chi connectivity index (χ2v) is 5.59. The van der Waals surface area contributed by atoms with Crippen LogP contribution in [0.4, 0.5) is 4.79 Å². The van der Waals surface area contributed by atoms with Crippen LogP contribution in [-0.2, 0) is 9.53 Å². The van der Waals surface area contributed by atoms with Crippen molar-refractivity contribution >= 4 is 12.0 Å². The Morgan fingerprint density at radius 3 is 2.63 bits per heavy atom. The van der Waals surface area contributed by atoms with Crippen molar-refractivity contribution in [3.8, 4) is 0 Å². The number of carbonyl (C=O) groups is 2. The van der Waals surface area contributed by atoms with Gasteiger partial charge in [0.2, 0.25) is 0 Å². The molecule has 2 atom stereocenters. The van der Waals surface area contributed by atoms with Crippen LogP contribution in [-0.4, -0.2) is 53.3 Å². The summed E-state index contributed by atoms with van der Waals surface area (Å²) in [6, 6.07) is -1.06. The van der Waals surface area contributed by atoms with Crippen LogP contribution in [0.5, 0.6) is 0 Å². The lowest BCUT2D eigenvalue weighted by atomic mass is 10.0. The third-order valence-electron chi connectivity index (χ3n) is 3.41. The maximum atomic E-state index is 12.1. The van der Waals surface area contributed by atoms with E-state index >= 15 is 0 Å². The Kier molecular flexibility index (Phi) is 5.17. The molecular formula is C13H24N2O4. The van der Waals surface area contributed by atoms with Gasteiger partial charge in [-0.3, -0.25) is 0 Å². The predicted octanol–water partition coefficient (Wildman–Crippen LogP) is 1.31. The summed E-state index contributed by atoms with van der Waals surface area (Å²) in [5, 5.41) is 11.9. The minimum absolute atomic E-state index is 0.0110. The van der Waals surface area contributed by atoms with Crippen LogP contribution in [0.15, 0.2) is 0 Å². The quantitative estimate of drug-likeness (QED) is 0.791. The monoisotopic (exact) mass is 272 g/mol. The van der Waals surface area contributed by atoms with Crippen molar-refractivity contribution in [3.05, 3.63) is 0 Å². The Hall–Kier alpha value is -1.30. The molecule has 0 aromatic heterocycles. The van der Waals surface area contributed by atoms with E-state index in [4.69, 9.17) is 9.84 Å². The standard InChI is InChI=1S/C13H24N2O4/c1-5-19-13(3,4)8-14-12(18)15-7-6-9(2)10(15)11(16)17/h9-10H,5-8H2,1-4H3,(H,14,18)(H,16,17). The number of carbonyl (C=O) groups excluding carboxylic acids is 1. The lowest BCUT2D eigenvalue weighted by molar-refractivity contribution is -0.142. The zero-order chi connectivity index (χ0) is 14.6. The van der Waals surface area contributed by atoms with Gasteiger partial charge in [0, 0.05) is 19.7 Å². The number of aliphatic carboxylic acids is 1. The molecule has 1 rings (SSSR count). The van der Waals surface area contributed by atoms with E-state index in [9.17, 15) is 9.59 Å². The van der Waals surface area contributed by atoms with E-state index in [2.05, 4.69) is 5.32 Å². The number of likely N-dealkylation sites (tertiary alicyclic amines) is 1. The summed E-state index contributed by atoms with van der Waals surface area (Å²) in [5.41, 5.74) is -0.450. The van der Waals surface area contributed by atoms with Crippen LogP contribution in [0.1, 0.15) is 34.1 Å². The zero-order valence-corrected chi connectivity index (χ0v) is 12.1. The van der Waals surface area contributed by atoms with Gasteiger partial charge in [-0.15, -0.1) is 0 Å². The van der Waals surface area contributed by atoms with Crippen molar-refractivity contribution in [1.29, 1.82) is 0 Å². The third-order valence-corrected chi connectivity index (χ3v) is 3.41. The molecule has 2 amide bonds. The SMILES string of the molecule is CCOC(C)(C)CNC(=O)N1CCC(C)C1C(=O)O. The third kappa shape index (κ3) is 4.09. The number of hydrogen-bond donors (Lipinski definition) is 2. The first-order valence-corrected chi connectivity index (χ1v) is 6.69. The molecule has 0 radical (unpaired) electrons. The Labute approximate surface area is 114 Å². The molecule has 1 aliphatic rings. The molecular weight excluding hydrogens is 248 g/mol. The lowest BCUT2D eigenvalue weighted by Crippen LogP contribution is -2.50. The molecule has 0 aliphatic carbocycles. The van der Waals surface area contributed by atoms with Gasteiger partial charge >= 0.3 is 12.0 Å². The van der Waals surface area contributed by atoms with E-state index in [0.29, 0.717) is 19.7 Å². The minimum Gasteiger partial charge on any atom is -0.480 e. The fraction of sp³-hybridized carbons (Fsp3) is 0.846. The van der Waals surface area contributed by atoms with Gasteiger partial charge in [-0.05, 0) is 33.1 Å². The van der Waals surface area contributed by atoms with Crippen LogP contribution in [0.3, 0.4) is 0 Å². The smallest absolute Gasteiger partial charge is 0.326 e. The summed E-state index contributed by atoms with van der Waals surface area (Å²) in [6.07, 6.45) is 0.721. The van der Waals surface area contributed by atoms with Crippen LogP contribution in [0, 0.1) is 5.92 Å². The molecule has 1 aliphatic heterocycles. The van der Waals surface area contributed by atoms with Gasteiger partial charge < -0.3 is 20.1 Å². The number of rotatable bonds is 5. The molecule has 1 fully saturated rings. The molecule has 6 heteroatoms. The highest BCUT2D eigenvalue weighted by Gasteiger charge is 2.39. The fourth-order valence-corrected chi connectivity index (χ4v) is 2.38. The molecule has 2 N–H and O–H groups in total. The Balaban J connectivity index is 2.56. The van der Waals surface area contributed by atoms with Gasteiger partial charge in [-0.1, -0.05) is 6.92 Å². The number of carboxylic acid groups (broad SMARTS) is 1. The number of hydrogen-bond acceptors (Lipinski definition) is 3. The van der Waals surface area contributed by atoms with Crippen molar-refractivity contribution in [1.82, 2.24) is 10.2 Å². The highest BCUT2D eigenvalue weighted by Crippen LogP contribution is 2.24. The molecule has 1 heterocycles. The van der Waals surface area contributed by atoms with Crippen LogP contribution < -0.4 is 5.32 Å². The number of amides is 2. The molecule has 0 saturated carbocycles. The first-order chi connectivity index (χ1) is 8.78. The van der Waals surface area contributed by atoms with E-state index < -0.39 is 17.6 Å². The summed E-state index contributed by atoms with van der Waals surface area (Å²) in [6.45, 7) is 8.94. The topological polar surface area (TPSA) is 78.9 Å². The van der Waals surface area contributed by atoms with Crippen molar-refractivity contribution in [2.75, 3.05) is 19.7 Å². The van der Waals surface area contributed by atoms with E-state index in [-0.39, 0.29) is 11.9 Å². The molecule has 19 heavy (non-hydrogen) atoms. The molecule has 1 saturated heterocycles. The van der Waals surface area contributed by atoms with Crippen LogP contribution in [0.25, 0.3) is 0 Å². The second kappa shape index (κ2) is 6.23. The van der Waals surface area contributed by atoms with Gasteiger partial charge in [0.25, 0.3) is 0 Å². The molecule has 6 nitrogen and oxygen atoms in total. The van der Waals surface area contributed by atoms with Crippen molar-refractivity contribution in [2.45, 2.75) is 45.8 Å². The number of nitrogens with one attached hydrogen (secondary N) is 1. The van der Waals surface area contributed by atoms with E-state index in [1.165, 1.54) is 4.90 Å². The predicted molar refractivity (Wildman–Crippen MR) is 71.0 cm³/mol. The summed E-state index contributed by atoms with van der Waals surface area (Å²) < 4.78 is 5.49. The first-order valence-electron chi connectivity index (χ1n) is 6.69. The Bertz CT molecular complexity index is 344. The molecule has 2 unspecified atom stereocenters. The Morgan fingerprint density at radius 2 is 2.11 bits per heavy atom. The highest BCUT2D eigenvalue weighted by atomic mass is 16.5. The van der Waals surface area contributed by atoms with Gasteiger partial charge in [-0.25, -0.2) is 9.59 Å². The average molecular weight is 272 g/mol. The minimum atomic E-state index is -0.941. The summed E-state index contributed by atoms with van der Waals surface area (Å²) >= 11 is 0. The zero-order valence-electron chi connectivity index (χ0n) is 12.1. The van der Waals surface area contributed by atoms with Crippen LogP contribution in [0.2, 0.25) is 0 Å².